The molecule has 7 rings (SSSR count). The van der Waals surface area contributed by atoms with E-state index in [4.69, 9.17) is 11.6 Å². The molecule has 1 aromatic carbocycles. The van der Waals surface area contributed by atoms with Crippen LogP contribution in [0.25, 0.3) is 5.69 Å². The van der Waals surface area contributed by atoms with E-state index in [1.54, 1.807) is 17.9 Å². The highest BCUT2D eigenvalue weighted by molar-refractivity contribution is 6.30. The smallest absolute Gasteiger partial charge is 0.265 e. The van der Waals surface area contributed by atoms with Gasteiger partial charge >= 0.3 is 0 Å². The maximum atomic E-state index is 13.9. The summed E-state index contributed by atoms with van der Waals surface area (Å²) in [6, 6.07) is 6.59. The number of benzene rings is 1. The Kier molecular flexibility index (Phi) is 4.35. The number of fused-ring (bicyclic) bond motifs is 3. The van der Waals surface area contributed by atoms with Crippen molar-refractivity contribution in [2.75, 3.05) is 36.0 Å². The molecule has 0 N–H and O–H groups in total. The lowest BCUT2D eigenvalue weighted by atomic mass is 9.73. The maximum Gasteiger partial charge on any atom is 0.265 e. The van der Waals surface area contributed by atoms with Crippen LogP contribution < -0.4 is 9.80 Å². The minimum Gasteiger partial charge on any atom is -0.355 e. The zero-order valence-electron chi connectivity index (χ0n) is 19.1. The fourth-order valence-corrected chi connectivity index (χ4v) is 5.95. The van der Waals surface area contributed by atoms with Crippen molar-refractivity contribution in [3.05, 3.63) is 58.3 Å². The number of aryl methyl sites for hydroxylation is 1. The van der Waals surface area contributed by atoms with Crippen LogP contribution in [0.15, 0.2) is 30.5 Å². The van der Waals surface area contributed by atoms with Crippen molar-refractivity contribution >= 4 is 23.4 Å². The number of rotatable bonds is 3. The zero-order valence-corrected chi connectivity index (χ0v) is 19.8. The summed E-state index contributed by atoms with van der Waals surface area (Å²) in [4.78, 5) is 10.4. The molecular formula is C24H23ClF3N7. The normalized spacial score (nSPS) is 23.9. The van der Waals surface area contributed by atoms with E-state index in [9.17, 15) is 13.2 Å². The van der Waals surface area contributed by atoms with Crippen molar-refractivity contribution in [1.29, 1.82) is 0 Å². The number of hydrogen-bond donors (Lipinski definition) is 0. The van der Waals surface area contributed by atoms with Gasteiger partial charge in [-0.15, -0.1) is 10.2 Å². The van der Waals surface area contributed by atoms with Crippen molar-refractivity contribution in [2.24, 2.45) is 5.41 Å². The zero-order chi connectivity index (χ0) is 24.1. The fraction of sp³-hybridized carbons (Fsp3) is 0.458. The minimum atomic E-state index is -2.66. The van der Waals surface area contributed by atoms with Crippen molar-refractivity contribution in [3.63, 3.8) is 0 Å². The Morgan fingerprint density at radius 1 is 1.03 bits per heavy atom. The third kappa shape index (κ3) is 3.33. The topological polar surface area (TPSA) is 53.3 Å². The molecule has 1 saturated carbocycles. The SMILES string of the molecule is Cc1cc(N2CC3(C2)CN(c2nnc4n2-c2ccc(Cl)cc2CN(C2CC2(F)F)C4)C3)ncc1F. The molecule has 182 valence electrons. The van der Waals surface area contributed by atoms with Gasteiger partial charge in [0.25, 0.3) is 5.92 Å². The van der Waals surface area contributed by atoms with Crippen LogP contribution in [0, 0.1) is 18.2 Å². The summed E-state index contributed by atoms with van der Waals surface area (Å²) in [6.07, 6.45) is 1.15. The van der Waals surface area contributed by atoms with Crippen molar-refractivity contribution < 1.29 is 13.2 Å². The lowest BCUT2D eigenvalue weighted by Crippen LogP contribution is -2.73. The van der Waals surface area contributed by atoms with Gasteiger partial charge in [-0.05, 0) is 42.3 Å². The first kappa shape index (κ1) is 21.4. The van der Waals surface area contributed by atoms with Crippen LogP contribution in [-0.2, 0) is 13.1 Å². The molecule has 1 aliphatic carbocycles. The summed E-state index contributed by atoms with van der Waals surface area (Å²) < 4.78 is 43.4. The van der Waals surface area contributed by atoms with Crippen LogP contribution >= 0.6 is 11.6 Å². The monoisotopic (exact) mass is 501 g/mol. The molecule has 7 nitrogen and oxygen atoms in total. The first-order valence-electron chi connectivity index (χ1n) is 11.7. The standard InChI is InChI=1S/C24H23ClF3N7/c1-14-4-20(29-7-17(14)26)33-10-23(11-33)12-34(13-23)22-31-30-21-9-32(19-6-24(19,27)28)8-15-5-16(25)2-3-18(15)35(21)22/h2-5,7,19H,6,8-13H2,1H3. The second-order valence-electron chi connectivity index (χ2n) is 10.4. The van der Waals surface area contributed by atoms with Crippen LogP contribution in [0.2, 0.25) is 5.02 Å². The number of anilines is 2. The van der Waals surface area contributed by atoms with E-state index in [1.165, 1.54) is 6.20 Å². The Morgan fingerprint density at radius 2 is 1.77 bits per heavy atom. The summed E-state index contributed by atoms with van der Waals surface area (Å²) in [6.45, 7) is 5.77. The van der Waals surface area contributed by atoms with Crippen molar-refractivity contribution in [1.82, 2.24) is 24.6 Å². The molecule has 2 aromatic heterocycles. The minimum absolute atomic E-state index is 0.128. The quantitative estimate of drug-likeness (QED) is 0.544. The maximum absolute atomic E-state index is 13.9. The molecule has 5 heterocycles. The van der Waals surface area contributed by atoms with E-state index in [0.29, 0.717) is 29.5 Å². The molecular weight excluding hydrogens is 479 g/mol. The molecule has 0 bridgehead atoms. The van der Waals surface area contributed by atoms with Gasteiger partial charge in [-0.3, -0.25) is 9.47 Å². The lowest BCUT2D eigenvalue weighted by molar-refractivity contribution is 0.0663. The van der Waals surface area contributed by atoms with Gasteiger partial charge in [0.15, 0.2) is 5.82 Å². The van der Waals surface area contributed by atoms with E-state index < -0.39 is 12.0 Å². The predicted molar refractivity (Wildman–Crippen MR) is 125 cm³/mol. The van der Waals surface area contributed by atoms with Gasteiger partial charge in [0, 0.05) is 49.6 Å². The largest absolute Gasteiger partial charge is 0.355 e. The van der Waals surface area contributed by atoms with Crippen molar-refractivity contribution in [2.45, 2.75) is 38.4 Å². The molecule has 1 unspecified atom stereocenters. The molecule has 1 spiro atoms. The van der Waals surface area contributed by atoms with Gasteiger partial charge in [-0.1, -0.05) is 11.6 Å². The number of aromatic nitrogens is 4. The average molecular weight is 502 g/mol. The van der Waals surface area contributed by atoms with Gasteiger partial charge in [0.2, 0.25) is 5.95 Å². The predicted octanol–water partition coefficient (Wildman–Crippen LogP) is 3.81. The van der Waals surface area contributed by atoms with E-state index in [0.717, 1.165) is 49.2 Å². The second-order valence-corrected chi connectivity index (χ2v) is 10.9. The Labute approximate surface area is 205 Å². The van der Waals surface area contributed by atoms with Gasteiger partial charge in [0.1, 0.15) is 11.6 Å². The molecule has 1 atom stereocenters. The number of hydrogen-bond acceptors (Lipinski definition) is 6. The Balaban J connectivity index is 1.13. The number of alkyl halides is 2. The molecule has 3 aromatic rings. The molecule has 2 saturated heterocycles. The van der Waals surface area contributed by atoms with Gasteiger partial charge in [0.05, 0.1) is 24.5 Å². The van der Waals surface area contributed by atoms with Crippen LogP contribution in [0.4, 0.5) is 24.9 Å². The van der Waals surface area contributed by atoms with Crippen LogP contribution in [0.3, 0.4) is 0 Å². The highest BCUT2D eigenvalue weighted by atomic mass is 35.5. The first-order chi connectivity index (χ1) is 16.7. The Bertz CT molecular complexity index is 1340. The van der Waals surface area contributed by atoms with Crippen molar-refractivity contribution in [3.8, 4) is 5.69 Å². The highest BCUT2D eigenvalue weighted by Crippen LogP contribution is 2.48. The Morgan fingerprint density at radius 3 is 2.49 bits per heavy atom. The molecule has 3 aliphatic heterocycles. The van der Waals surface area contributed by atoms with Gasteiger partial charge in [-0.25, -0.2) is 18.2 Å². The molecule has 11 heteroatoms. The van der Waals surface area contributed by atoms with Crippen LogP contribution in [0.1, 0.15) is 23.4 Å². The third-order valence-corrected chi connectivity index (χ3v) is 7.93. The number of nitrogens with zero attached hydrogens (tertiary/aromatic N) is 7. The summed E-state index contributed by atoms with van der Waals surface area (Å²) in [5.41, 5.74) is 2.50. The summed E-state index contributed by atoms with van der Waals surface area (Å²) in [5.74, 6) is -0.767. The van der Waals surface area contributed by atoms with Gasteiger partial charge < -0.3 is 9.80 Å². The van der Waals surface area contributed by atoms with Crippen LogP contribution in [0.5, 0.6) is 0 Å². The average Bonchev–Trinajstić information content (AvgIpc) is 3.27. The van der Waals surface area contributed by atoms with Crippen LogP contribution in [-0.4, -0.2) is 62.8 Å². The van der Waals surface area contributed by atoms with E-state index >= 15 is 0 Å². The van der Waals surface area contributed by atoms with Gasteiger partial charge in [-0.2, -0.15) is 0 Å². The number of pyridine rings is 1. The highest BCUT2D eigenvalue weighted by Gasteiger charge is 2.60. The second kappa shape index (κ2) is 7.10. The third-order valence-electron chi connectivity index (χ3n) is 7.69. The van der Waals surface area contributed by atoms with E-state index in [1.807, 2.05) is 22.8 Å². The molecule has 0 amide bonds. The van der Waals surface area contributed by atoms with E-state index in [2.05, 4.69) is 25.0 Å². The molecule has 4 aliphatic rings. The summed E-state index contributed by atoms with van der Waals surface area (Å²) >= 11 is 6.27. The summed E-state index contributed by atoms with van der Waals surface area (Å²) in [7, 11) is 0. The first-order valence-corrected chi connectivity index (χ1v) is 12.1. The van der Waals surface area contributed by atoms with E-state index in [-0.39, 0.29) is 17.7 Å². The Hall–Kier alpha value is -2.85. The molecule has 0 radical (unpaired) electrons. The summed E-state index contributed by atoms with van der Waals surface area (Å²) in [5, 5.41) is 9.47. The molecule has 35 heavy (non-hydrogen) atoms. The molecule has 3 fully saturated rings. The fourth-order valence-electron chi connectivity index (χ4n) is 5.76. The number of halogens is 4. The lowest BCUT2D eigenvalue weighted by Gasteiger charge is -2.60.